The van der Waals surface area contributed by atoms with E-state index in [2.05, 4.69) is 10.6 Å². The minimum absolute atomic E-state index is 0.159. The molecule has 11 heteroatoms. The van der Waals surface area contributed by atoms with E-state index < -0.39 is 26.9 Å². The number of nitrogens with one attached hydrogen (secondary N) is 3. The first-order valence-electron chi connectivity index (χ1n) is 7.55. The number of sulfonamides is 1. The summed E-state index contributed by atoms with van der Waals surface area (Å²) in [5, 5.41) is 15.8. The highest BCUT2D eigenvalue weighted by molar-refractivity contribution is 7.90. The maximum Gasteiger partial charge on any atom is 0.318 e. The van der Waals surface area contributed by atoms with Crippen LogP contribution in [0.5, 0.6) is 0 Å². The van der Waals surface area contributed by atoms with Crippen molar-refractivity contribution in [2.24, 2.45) is 0 Å². The first kappa shape index (κ1) is 19.8. The molecule has 0 fully saturated rings. The summed E-state index contributed by atoms with van der Waals surface area (Å²) in [6, 6.07) is 8.31. The van der Waals surface area contributed by atoms with E-state index in [1.165, 1.54) is 50.4 Å². The van der Waals surface area contributed by atoms with Gasteiger partial charge in [0.05, 0.1) is 9.82 Å². The Morgan fingerprint density at radius 2 is 1.70 bits per heavy atom. The van der Waals surface area contributed by atoms with Gasteiger partial charge < -0.3 is 10.6 Å². The zero-order chi connectivity index (χ0) is 20.2. The lowest BCUT2D eigenvalue weighted by Crippen LogP contribution is -2.30. The molecule has 0 unspecified atom stereocenters. The van der Waals surface area contributed by atoms with Gasteiger partial charge in [-0.3, -0.25) is 14.9 Å². The molecule has 0 heterocycles. The van der Waals surface area contributed by atoms with Crippen LogP contribution in [0.25, 0.3) is 0 Å². The number of amides is 3. The molecule has 2 aromatic rings. The molecule has 0 saturated heterocycles. The second kappa shape index (κ2) is 7.83. The number of nitro benzene ring substituents is 1. The third-order valence-electron chi connectivity index (χ3n) is 3.54. The molecule has 10 nitrogen and oxygen atoms in total. The van der Waals surface area contributed by atoms with Crippen LogP contribution in [-0.4, -0.2) is 32.3 Å². The Hall–Kier alpha value is -3.47. The number of rotatable bonds is 5. The Kier molecular flexibility index (Phi) is 5.75. The predicted molar refractivity (Wildman–Crippen MR) is 97.0 cm³/mol. The van der Waals surface area contributed by atoms with Gasteiger partial charge in [-0.15, -0.1) is 0 Å². The second-order valence-electron chi connectivity index (χ2n) is 5.42. The summed E-state index contributed by atoms with van der Waals surface area (Å²) in [7, 11) is -2.77. The van der Waals surface area contributed by atoms with Gasteiger partial charge in [0.25, 0.3) is 21.6 Å². The maximum absolute atomic E-state index is 12.3. The third kappa shape index (κ3) is 4.79. The van der Waals surface area contributed by atoms with Gasteiger partial charge >= 0.3 is 6.03 Å². The van der Waals surface area contributed by atoms with Crippen LogP contribution in [0.2, 0.25) is 0 Å². The number of carbonyl (C=O) groups excluding carboxylic acids is 2. The molecule has 27 heavy (non-hydrogen) atoms. The fourth-order valence-electron chi connectivity index (χ4n) is 2.10. The lowest BCUT2D eigenvalue weighted by Gasteiger charge is -2.09. The molecule has 2 aromatic carbocycles. The number of hydrogen-bond donors (Lipinski definition) is 3. The minimum Gasteiger partial charge on any atom is -0.341 e. The Morgan fingerprint density at radius 3 is 2.26 bits per heavy atom. The molecular formula is C16H16N4O6S. The summed E-state index contributed by atoms with van der Waals surface area (Å²) < 4.78 is 26.5. The zero-order valence-electron chi connectivity index (χ0n) is 14.3. The van der Waals surface area contributed by atoms with E-state index in [9.17, 15) is 28.1 Å². The van der Waals surface area contributed by atoms with Crippen molar-refractivity contribution in [2.45, 2.75) is 11.8 Å². The topological polar surface area (TPSA) is 148 Å². The molecule has 0 aliphatic rings. The molecule has 0 aromatic heterocycles. The van der Waals surface area contributed by atoms with E-state index in [1.807, 2.05) is 4.72 Å². The Balaban J connectivity index is 2.20. The van der Waals surface area contributed by atoms with Gasteiger partial charge in [-0.25, -0.2) is 17.9 Å². The average molecular weight is 392 g/mol. The number of nitrogens with zero attached hydrogens (tertiary/aromatic N) is 1. The van der Waals surface area contributed by atoms with Crippen LogP contribution in [-0.2, 0) is 10.0 Å². The van der Waals surface area contributed by atoms with Crippen LogP contribution in [0.4, 0.5) is 16.2 Å². The van der Waals surface area contributed by atoms with Crippen molar-refractivity contribution in [3.8, 4) is 0 Å². The fourth-order valence-corrected chi connectivity index (χ4v) is 3.07. The molecule has 0 radical (unpaired) electrons. The minimum atomic E-state index is -4.20. The average Bonchev–Trinajstić information content (AvgIpc) is 2.61. The number of benzene rings is 2. The molecule has 2 rings (SSSR count). The molecule has 0 saturated carbocycles. The summed E-state index contributed by atoms with van der Waals surface area (Å²) >= 11 is 0. The first-order valence-corrected chi connectivity index (χ1v) is 9.03. The van der Waals surface area contributed by atoms with Crippen molar-refractivity contribution in [3.05, 3.63) is 63.7 Å². The molecule has 0 bridgehead atoms. The van der Waals surface area contributed by atoms with Gasteiger partial charge in [-0.2, -0.15) is 0 Å². The van der Waals surface area contributed by atoms with Crippen LogP contribution in [0.1, 0.15) is 15.9 Å². The Bertz CT molecular complexity index is 1000. The first-order chi connectivity index (χ1) is 12.6. The van der Waals surface area contributed by atoms with Crippen LogP contribution >= 0.6 is 0 Å². The number of carbonyl (C=O) groups is 2. The van der Waals surface area contributed by atoms with Crippen molar-refractivity contribution in [3.63, 3.8) is 0 Å². The molecule has 0 spiro atoms. The number of nitro groups is 1. The van der Waals surface area contributed by atoms with Crippen molar-refractivity contribution in [1.29, 1.82) is 0 Å². The Morgan fingerprint density at radius 1 is 1.07 bits per heavy atom. The highest BCUT2D eigenvalue weighted by Crippen LogP contribution is 2.20. The van der Waals surface area contributed by atoms with Crippen LogP contribution in [0, 0.1) is 17.0 Å². The quantitative estimate of drug-likeness (QED) is 0.522. The van der Waals surface area contributed by atoms with Crippen molar-refractivity contribution >= 4 is 33.3 Å². The third-order valence-corrected chi connectivity index (χ3v) is 4.89. The summed E-state index contributed by atoms with van der Waals surface area (Å²) in [4.78, 5) is 33.5. The van der Waals surface area contributed by atoms with Gasteiger partial charge in [-0.1, -0.05) is 6.07 Å². The number of anilines is 1. The standard InChI is InChI=1S/C16H16N4O6S/c1-10-3-4-11(9-14(10)20(23)24)15(21)19-27(25,26)13-7-5-12(6-8-13)18-16(22)17-2/h3-9H,1-2H3,(H,19,21)(H2,17,18,22). The number of hydrogen-bond acceptors (Lipinski definition) is 6. The molecule has 3 amide bonds. The number of urea groups is 1. The van der Waals surface area contributed by atoms with E-state index in [0.29, 0.717) is 11.3 Å². The summed E-state index contributed by atoms with van der Waals surface area (Å²) in [5.41, 5.74) is 0.255. The lowest BCUT2D eigenvalue weighted by atomic mass is 10.1. The summed E-state index contributed by atoms with van der Waals surface area (Å²) in [6.07, 6.45) is 0. The summed E-state index contributed by atoms with van der Waals surface area (Å²) in [6.45, 7) is 1.50. The van der Waals surface area contributed by atoms with Gasteiger partial charge in [0.2, 0.25) is 0 Å². The van der Waals surface area contributed by atoms with Gasteiger partial charge in [0.1, 0.15) is 0 Å². The van der Waals surface area contributed by atoms with Crippen molar-refractivity contribution in [2.75, 3.05) is 12.4 Å². The highest BCUT2D eigenvalue weighted by Gasteiger charge is 2.21. The van der Waals surface area contributed by atoms with Crippen LogP contribution < -0.4 is 15.4 Å². The molecule has 3 N–H and O–H groups in total. The van der Waals surface area contributed by atoms with Crippen LogP contribution in [0.3, 0.4) is 0 Å². The van der Waals surface area contributed by atoms with E-state index >= 15 is 0 Å². The van der Waals surface area contributed by atoms with Crippen molar-refractivity contribution < 1.29 is 22.9 Å². The lowest BCUT2D eigenvalue weighted by molar-refractivity contribution is -0.385. The van der Waals surface area contributed by atoms with E-state index in [-0.39, 0.29) is 16.1 Å². The molecule has 0 atom stereocenters. The predicted octanol–water partition coefficient (Wildman–Crippen LogP) is 1.77. The fraction of sp³-hybridized carbons (Fsp3) is 0.125. The molecule has 0 aliphatic heterocycles. The zero-order valence-corrected chi connectivity index (χ0v) is 15.2. The SMILES string of the molecule is CNC(=O)Nc1ccc(S(=O)(=O)NC(=O)c2ccc(C)c([N+](=O)[O-])c2)cc1. The highest BCUT2D eigenvalue weighted by atomic mass is 32.2. The van der Waals surface area contributed by atoms with Crippen LogP contribution in [0.15, 0.2) is 47.4 Å². The van der Waals surface area contributed by atoms with Crippen molar-refractivity contribution in [1.82, 2.24) is 10.0 Å². The van der Waals surface area contributed by atoms with Gasteiger partial charge in [0.15, 0.2) is 0 Å². The van der Waals surface area contributed by atoms with Gasteiger partial charge in [-0.05, 0) is 37.3 Å². The van der Waals surface area contributed by atoms with Gasteiger partial charge in [0, 0.05) is 29.9 Å². The largest absolute Gasteiger partial charge is 0.341 e. The van der Waals surface area contributed by atoms with E-state index in [4.69, 9.17) is 0 Å². The second-order valence-corrected chi connectivity index (χ2v) is 7.10. The smallest absolute Gasteiger partial charge is 0.318 e. The number of aryl methyl sites for hydroxylation is 1. The van der Waals surface area contributed by atoms with E-state index in [0.717, 1.165) is 6.07 Å². The molecular weight excluding hydrogens is 376 g/mol. The normalized spacial score (nSPS) is 10.7. The molecule has 0 aliphatic carbocycles. The maximum atomic E-state index is 12.3. The monoisotopic (exact) mass is 392 g/mol. The molecule has 142 valence electrons. The van der Waals surface area contributed by atoms with E-state index in [1.54, 1.807) is 0 Å². The summed E-state index contributed by atoms with van der Waals surface area (Å²) in [5.74, 6) is -0.995. The Labute approximate surface area is 154 Å².